The summed E-state index contributed by atoms with van der Waals surface area (Å²) in [5.74, 6) is -0.818. The maximum Gasteiger partial charge on any atom is 0.255 e. The molecule has 5 nitrogen and oxygen atoms in total. The number of rotatable bonds is 5. The lowest BCUT2D eigenvalue weighted by atomic mass is 9.96. The Labute approximate surface area is 165 Å². The molecule has 0 unspecified atom stereocenters. The van der Waals surface area contributed by atoms with Crippen molar-refractivity contribution in [3.8, 4) is 0 Å². The molecule has 28 heavy (non-hydrogen) atoms. The fourth-order valence-corrected chi connectivity index (χ4v) is 5.03. The van der Waals surface area contributed by atoms with Crippen molar-refractivity contribution < 1.29 is 17.6 Å². The number of amides is 1. The summed E-state index contributed by atoms with van der Waals surface area (Å²) in [6.07, 6.45) is 4.93. The molecule has 2 aromatic carbocycles. The van der Waals surface area contributed by atoms with Gasteiger partial charge in [0.25, 0.3) is 5.91 Å². The Kier molecular flexibility index (Phi) is 6.15. The smallest absolute Gasteiger partial charge is 0.255 e. The van der Waals surface area contributed by atoms with E-state index in [0.717, 1.165) is 32.1 Å². The summed E-state index contributed by atoms with van der Waals surface area (Å²) in [4.78, 5) is 12.7. The molecule has 1 fully saturated rings. The van der Waals surface area contributed by atoms with Gasteiger partial charge in [0, 0.05) is 24.3 Å². The molecule has 3 rings (SSSR count). The number of hydrogen-bond acceptors (Lipinski definition) is 3. The first-order valence-corrected chi connectivity index (χ1v) is 10.9. The van der Waals surface area contributed by atoms with E-state index in [1.165, 1.54) is 34.6 Å². The van der Waals surface area contributed by atoms with Gasteiger partial charge in [-0.15, -0.1) is 0 Å². The Morgan fingerprint density at radius 1 is 1.11 bits per heavy atom. The molecule has 0 radical (unpaired) electrons. The molecular weight excluding hydrogens is 379 g/mol. The van der Waals surface area contributed by atoms with E-state index in [-0.39, 0.29) is 22.3 Å². The predicted molar refractivity (Wildman–Crippen MR) is 107 cm³/mol. The molecule has 150 valence electrons. The van der Waals surface area contributed by atoms with Gasteiger partial charge in [0.2, 0.25) is 10.0 Å². The molecule has 0 bridgehead atoms. The van der Waals surface area contributed by atoms with E-state index in [4.69, 9.17) is 0 Å². The topological polar surface area (TPSA) is 66.5 Å². The van der Waals surface area contributed by atoms with Crippen molar-refractivity contribution >= 4 is 21.6 Å². The molecule has 0 saturated heterocycles. The van der Waals surface area contributed by atoms with Gasteiger partial charge in [0.05, 0.1) is 4.90 Å². The van der Waals surface area contributed by atoms with Crippen LogP contribution in [-0.2, 0) is 10.0 Å². The largest absolute Gasteiger partial charge is 0.322 e. The van der Waals surface area contributed by atoms with Crippen molar-refractivity contribution in [1.29, 1.82) is 0 Å². The van der Waals surface area contributed by atoms with Gasteiger partial charge >= 0.3 is 0 Å². The molecule has 0 aromatic heterocycles. The van der Waals surface area contributed by atoms with E-state index < -0.39 is 15.9 Å². The van der Waals surface area contributed by atoms with Gasteiger partial charge in [-0.05, 0) is 61.7 Å². The van der Waals surface area contributed by atoms with Crippen molar-refractivity contribution in [3.05, 3.63) is 59.4 Å². The third-order valence-electron chi connectivity index (χ3n) is 5.30. The van der Waals surface area contributed by atoms with Crippen molar-refractivity contribution in [2.75, 3.05) is 12.4 Å². The van der Waals surface area contributed by atoms with Crippen molar-refractivity contribution in [2.45, 2.75) is 50.0 Å². The summed E-state index contributed by atoms with van der Waals surface area (Å²) >= 11 is 0. The van der Waals surface area contributed by atoms with Crippen LogP contribution in [0.3, 0.4) is 0 Å². The first kappa shape index (κ1) is 20.5. The van der Waals surface area contributed by atoms with E-state index in [2.05, 4.69) is 5.32 Å². The minimum Gasteiger partial charge on any atom is -0.322 e. The molecule has 1 N–H and O–H groups in total. The number of nitrogens with zero attached hydrogens (tertiary/aromatic N) is 1. The highest BCUT2D eigenvalue weighted by Gasteiger charge is 2.29. The van der Waals surface area contributed by atoms with E-state index in [1.54, 1.807) is 26.1 Å². The molecule has 1 saturated carbocycles. The minimum atomic E-state index is -3.68. The molecule has 1 aliphatic carbocycles. The number of carbonyl (C=O) groups is 1. The van der Waals surface area contributed by atoms with Crippen LogP contribution in [0.5, 0.6) is 0 Å². The zero-order valence-electron chi connectivity index (χ0n) is 16.1. The van der Waals surface area contributed by atoms with Crippen LogP contribution in [0.4, 0.5) is 10.1 Å². The predicted octanol–water partition coefficient (Wildman–Crippen LogP) is 4.34. The van der Waals surface area contributed by atoms with Crippen molar-refractivity contribution in [2.24, 2.45) is 0 Å². The summed E-state index contributed by atoms with van der Waals surface area (Å²) in [5, 5.41) is 2.71. The van der Waals surface area contributed by atoms with Crippen molar-refractivity contribution in [3.63, 3.8) is 0 Å². The summed E-state index contributed by atoms with van der Waals surface area (Å²) < 4.78 is 40.7. The van der Waals surface area contributed by atoms with Crippen LogP contribution in [0.25, 0.3) is 0 Å². The second-order valence-corrected chi connectivity index (χ2v) is 9.25. The third kappa shape index (κ3) is 4.42. The summed E-state index contributed by atoms with van der Waals surface area (Å²) in [6, 6.07) is 10.1. The fraction of sp³-hybridized carbons (Fsp3) is 0.381. The summed E-state index contributed by atoms with van der Waals surface area (Å²) in [5.41, 5.74) is 1.31. The van der Waals surface area contributed by atoms with Gasteiger partial charge in [-0.1, -0.05) is 25.3 Å². The molecule has 1 amide bonds. The molecule has 0 heterocycles. The normalized spacial score (nSPS) is 15.6. The molecule has 0 atom stereocenters. The summed E-state index contributed by atoms with van der Waals surface area (Å²) in [6.45, 7) is 1.69. The third-order valence-corrected chi connectivity index (χ3v) is 7.20. The quantitative estimate of drug-likeness (QED) is 0.806. The minimum absolute atomic E-state index is 0.00176. The first-order chi connectivity index (χ1) is 13.3. The highest BCUT2D eigenvalue weighted by atomic mass is 32.2. The number of halogens is 1. The first-order valence-electron chi connectivity index (χ1n) is 9.44. The Hall–Kier alpha value is -2.25. The van der Waals surface area contributed by atoms with Gasteiger partial charge < -0.3 is 5.32 Å². The van der Waals surface area contributed by atoms with E-state index in [9.17, 15) is 17.6 Å². The fourth-order valence-electron chi connectivity index (χ4n) is 3.57. The number of anilines is 1. The lowest BCUT2D eigenvalue weighted by molar-refractivity contribution is 0.102. The van der Waals surface area contributed by atoms with Crippen LogP contribution in [-0.4, -0.2) is 31.7 Å². The van der Waals surface area contributed by atoms with Gasteiger partial charge in [-0.25, -0.2) is 12.8 Å². The van der Waals surface area contributed by atoms with Crippen LogP contribution in [0.15, 0.2) is 47.4 Å². The zero-order chi connectivity index (χ0) is 20.3. The maximum absolute atomic E-state index is 13.2. The van der Waals surface area contributed by atoms with Gasteiger partial charge in [0.1, 0.15) is 5.82 Å². The lowest BCUT2D eigenvalue weighted by Crippen LogP contribution is -2.38. The molecule has 7 heteroatoms. The number of benzene rings is 2. The monoisotopic (exact) mass is 404 g/mol. The number of nitrogens with one attached hydrogen (secondary N) is 1. The van der Waals surface area contributed by atoms with Crippen LogP contribution in [0.1, 0.15) is 48.0 Å². The summed E-state index contributed by atoms with van der Waals surface area (Å²) in [7, 11) is -2.07. The molecule has 0 spiro atoms. The number of hydrogen-bond donors (Lipinski definition) is 1. The number of sulfonamides is 1. The van der Waals surface area contributed by atoms with Gasteiger partial charge in [-0.2, -0.15) is 4.31 Å². The number of carbonyl (C=O) groups excluding carboxylic acids is 1. The Morgan fingerprint density at radius 2 is 1.82 bits per heavy atom. The van der Waals surface area contributed by atoms with Crippen LogP contribution in [0, 0.1) is 12.7 Å². The SMILES string of the molecule is Cc1cc(F)ccc1NC(=O)c1cccc(S(=O)(=O)N(C)C2CCCCC2)c1. The Bertz CT molecular complexity index is 969. The molecule has 0 aliphatic heterocycles. The second-order valence-electron chi connectivity index (χ2n) is 7.25. The van der Waals surface area contributed by atoms with Gasteiger partial charge in [0.15, 0.2) is 0 Å². The molecule has 1 aliphatic rings. The Balaban J connectivity index is 1.81. The van der Waals surface area contributed by atoms with Crippen LogP contribution >= 0.6 is 0 Å². The molecule has 2 aromatic rings. The van der Waals surface area contributed by atoms with Crippen LogP contribution in [0.2, 0.25) is 0 Å². The number of aryl methyl sites for hydroxylation is 1. The van der Waals surface area contributed by atoms with E-state index in [1.807, 2.05) is 0 Å². The standard InChI is InChI=1S/C21H25FN2O3S/c1-15-13-17(22)11-12-20(15)23-21(25)16-7-6-10-19(14-16)28(26,27)24(2)18-8-4-3-5-9-18/h6-7,10-14,18H,3-5,8-9H2,1-2H3,(H,23,25). The maximum atomic E-state index is 13.2. The average molecular weight is 405 g/mol. The zero-order valence-corrected chi connectivity index (χ0v) is 16.9. The highest BCUT2D eigenvalue weighted by Crippen LogP contribution is 2.27. The lowest BCUT2D eigenvalue weighted by Gasteiger charge is -2.30. The average Bonchev–Trinajstić information content (AvgIpc) is 2.70. The Morgan fingerprint density at radius 3 is 2.50 bits per heavy atom. The highest BCUT2D eigenvalue weighted by molar-refractivity contribution is 7.89. The van der Waals surface area contributed by atoms with E-state index in [0.29, 0.717) is 11.3 Å². The van der Waals surface area contributed by atoms with Crippen LogP contribution < -0.4 is 5.32 Å². The van der Waals surface area contributed by atoms with E-state index >= 15 is 0 Å². The molecular formula is C21H25FN2O3S. The second kappa shape index (κ2) is 8.41. The van der Waals surface area contributed by atoms with Gasteiger partial charge in [-0.3, -0.25) is 4.79 Å². The van der Waals surface area contributed by atoms with Crippen molar-refractivity contribution in [1.82, 2.24) is 4.31 Å².